The van der Waals surface area contributed by atoms with Crippen molar-refractivity contribution in [1.82, 2.24) is 4.72 Å². The molecule has 0 radical (unpaired) electrons. The lowest BCUT2D eigenvalue weighted by Gasteiger charge is -2.09. The van der Waals surface area contributed by atoms with Crippen LogP contribution in [0.25, 0.3) is 6.08 Å². The zero-order valence-corrected chi connectivity index (χ0v) is 17.8. The summed E-state index contributed by atoms with van der Waals surface area (Å²) in [4.78, 5) is 12.3. The lowest BCUT2D eigenvalue weighted by atomic mass is 10.2. The summed E-state index contributed by atoms with van der Waals surface area (Å²) < 4.78 is 42.9. The zero-order valence-electron chi connectivity index (χ0n) is 17.0. The number of amides is 1. The van der Waals surface area contributed by atoms with Gasteiger partial charge in [-0.05, 0) is 42.5 Å². The Labute approximate surface area is 180 Å². The van der Waals surface area contributed by atoms with Gasteiger partial charge in [0.2, 0.25) is 15.9 Å². The van der Waals surface area contributed by atoms with E-state index in [-0.39, 0.29) is 17.3 Å². The maximum Gasteiger partial charge on any atom is 0.248 e. The normalized spacial score (nSPS) is 11.4. The first kappa shape index (κ1) is 22.1. The van der Waals surface area contributed by atoms with E-state index in [4.69, 9.17) is 13.9 Å². The van der Waals surface area contributed by atoms with E-state index in [2.05, 4.69) is 10.0 Å². The minimum atomic E-state index is -3.63. The van der Waals surface area contributed by atoms with E-state index in [1.807, 2.05) is 0 Å². The first-order chi connectivity index (χ1) is 14.9. The molecule has 0 bridgehead atoms. The van der Waals surface area contributed by atoms with Gasteiger partial charge in [-0.25, -0.2) is 13.1 Å². The second-order valence-electron chi connectivity index (χ2n) is 6.33. The molecule has 31 heavy (non-hydrogen) atoms. The lowest BCUT2D eigenvalue weighted by molar-refractivity contribution is -0.111. The SMILES string of the molecule is COc1ccc(NC(=O)/C=C/c2ccc(CNS(=O)(=O)c3ccccc3)o2)cc1OC. The van der Waals surface area contributed by atoms with Crippen molar-refractivity contribution in [3.63, 3.8) is 0 Å². The number of hydrogen-bond acceptors (Lipinski definition) is 6. The van der Waals surface area contributed by atoms with Crippen LogP contribution in [0, 0.1) is 0 Å². The van der Waals surface area contributed by atoms with Crippen molar-refractivity contribution in [3.05, 3.63) is 78.3 Å². The largest absolute Gasteiger partial charge is 0.493 e. The highest BCUT2D eigenvalue weighted by molar-refractivity contribution is 7.89. The van der Waals surface area contributed by atoms with E-state index >= 15 is 0 Å². The summed E-state index contributed by atoms with van der Waals surface area (Å²) in [5, 5.41) is 2.71. The first-order valence-corrected chi connectivity index (χ1v) is 10.7. The minimum absolute atomic E-state index is 0.0110. The number of carbonyl (C=O) groups is 1. The Hall–Kier alpha value is -3.56. The van der Waals surface area contributed by atoms with Crippen LogP contribution in [-0.4, -0.2) is 28.5 Å². The molecule has 0 saturated heterocycles. The molecule has 3 rings (SSSR count). The van der Waals surface area contributed by atoms with Crippen molar-refractivity contribution in [2.75, 3.05) is 19.5 Å². The maximum atomic E-state index is 12.3. The Morgan fingerprint density at radius 1 is 1.00 bits per heavy atom. The van der Waals surface area contributed by atoms with Crippen molar-refractivity contribution in [3.8, 4) is 11.5 Å². The van der Waals surface area contributed by atoms with Gasteiger partial charge in [-0.15, -0.1) is 0 Å². The predicted molar refractivity (Wildman–Crippen MR) is 116 cm³/mol. The standard InChI is InChI=1S/C22H22N2O6S/c1-28-20-12-8-16(14-21(20)29-2)24-22(25)13-11-17-9-10-18(30-17)15-23-31(26,27)19-6-4-3-5-7-19/h3-14,23H,15H2,1-2H3,(H,24,25)/b13-11+. The number of anilines is 1. The van der Waals surface area contributed by atoms with E-state index in [1.165, 1.54) is 38.5 Å². The molecule has 0 unspecified atom stereocenters. The quantitative estimate of drug-likeness (QED) is 0.492. The molecule has 1 aromatic heterocycles. The van der Waals surface area contributed by atoms with Crippen LogP contribution >= 0.6 is 0 Å². The number of sulfonamides is 1. The second kappa shape index (κ2) is 9.96. The molecule has 8 nitrogen and oxygen atoms in total. The Balaban J connectivity index is 1.57. The predicted octanol–water partition coefficient (Wildman–Crippen LogP) is 3.43. The van der Waals surface area contributed by atoms with E-state index in [0.29, 0.717) is 28.7 Å². The molecule has 0 aliphatic heterocycles. The Morgan fingerprint density at radius 3 is 2.45 bits per heavy atom. The van der Waals surface area contributed by atoms with Crippen LogP contribution in [0.1, 0.15) is 11.5 Å². The molecule has 0 aliphatic carbocycles. The molecule has 2 N–H and O–H groups in total. The summed E-state index contributed by atoms with van der Waals surface area (Å²) in [6, 6.07) is 16.4. The van der Waals surface area contributed by atoms with Crippen molar-refractivity contribution in [2.45, 2.75) is 11.4 Å². The average molecular weight is 442 g/mol. The highest BCUT2D eigenvalue weighted by atomic mass is 32.2. The number of ether oxygens (including phenoxy) is 2. The molecule has 0 atom stereocenters. The smallest absolute Gasteiger partial charge is 0.248 e. The third-order valence-electron chi connectivity index (χ3n) is 4.22. The van der Waals surface area contributed by atoms with Gasteiger partial charge in [0.05, 0.1) is 25.7 Å². The summed E-state index contributed by atoms with van der Waals surface area (Å²) in [6.07, 6.45) is 2.80. The fraction of sp³-hybridized carbons (Fsp3) is 0.136. The second-order valence-corrected chi connectivity index (χ2v) is 8.10. The molecule has 0 spiro atoms. The molecule has 0 fully saturated rings. The summed E-state index contributed by atoms with van der Waals surface area (Å²) in [5.74, 6) is 1.52. The Kier molecular flexibility index (Phi) is 7.11. The van der Waals surface area contributed by atoms with Gasteiger partial charge >= 0.3 is 0 Å². The number of carbonyl (C=O) groups excluding carboxylic acids is 1. The zero-order chi connectivity index (χ0) is 22.3. The third kappa shape index (κ3) is 5.97. The molecule has 0 aliphatic rings. The number of benzene rings is 2. The minimum Gasteiger partial charge on any atom is -0.493 e. The van der Waals surface area contributed by atoms with Crippen molar-refractivity contribution >= 4 is 27.7 Å². The molecule has 0 saturated carbocycles. The number of hydrogen-bond donors (Lipinski definition) is 2. The first-order valence-electron chi connectivity index (χ1n) is 9.26. The third-order valence-corrected chi connectivity index (χ3v) is 5.64. The molecule has 3 aromatic rings. The number of methoxy groups -OCH3 is 2. The topological polar surface area (TPSA) is 107 Å². The molecule has 9 heteroatoms. The van der Waals surface area contributed by atoms with Crippen LogP contribution in [0.2, 0.25) is 0 Å². The molecular formula is C22H22N2O6S. The van der Waals surface area contributed by atoms with Crippen LogP contribution in [0.3, 0.4) is 0 Å². The Bertz CT molecular complexity index is 1170. The number of nitrogens with one attached hydrogen (secondary N) is 2. The summed E-state index contributed by atoms with van der Waals surface area (Å²) in [7, 11) is -0.589. The van der Waals surface area contributed by atoms with E-state index in [1.54, 1.807) is 48.5 Å². The van der Waals surface area contributed by atoms with Gasteiger partial charge < -0.3 is 19.2 Å². The lowest BCUT2D eigenvalue weighted by Crippen LogP contribution is -2.22. The van der Waals surface area contributed by atoms with E-state index in [0.717, 1.165) is 0 Å². The van der Waals surface area contributed by atoms with Gasteiger partial charge in [0.1, 0.15) is 11.5 Å². The summed E-state index contributed by atoms with van der Waals surface area (Å²) in [6.45, 7) is -0.0110. The number of furan rings is 1. The average Bonchev–Trinajstić information content (AvgIpc) is 3.25. The highest BCUT2D eigenvalue weighted by Crippen LogP contribution is 2.29. The highest BCUT2D eigenvalue weighted by Gasteiger charge is 2.14. The van der Waals surface area contributed by atoms with Gasteiger partial charge in [-0.3, -0.25) is 4.79 Å². The van der Waals surface area contributed by atoms with Crippen LogP contribution in [-0.2, 0) is 21.4 Å². The molecule has 162 valence electrons. The van der Waals surface area contributed by atoms with E-state index < -0.39 is 10.0 Å². The molecule has 1 heterocycles. The van der Waals surface area contributed by atoms with Crippen LogP contribution in [0.15, 0.2) is 76.1 Å². The summed E-state index contributed by atoms with van der Waals surface area (Å²) >= 11 is 0. The van der Waals surface area contributed by atoms with Gasteiger partial charge in [0.25, 0.3) is 0 Å². The molecule has 1 amide bonds. The molecule has 2 aromatic carbocycles. The van der Waals surface area contributed by atoms with E-state index in [9.17, 15) is 13.2 Å². The van der Waals surface area contributed by atoms with Gasteiger partial charge in [0, 0.05) is 17.8 Å². The van der Waals surface area contributed by atoms with Crippen molar-refractivity contribution < 1.29 is 27.1 Å². The molecular weight excluding hydrogens is 420 g/mol. The van der Waals surface area contributed by atoms with Crippen LogP contribution in [0.4, 0.5) is 5.69 Å². The fourth-order valence-electron chi connectivity index (χ4n) is 2.68. The Morgan fingerprint density at radius 2 is 1.74 bits per heavy atom. The van der Waals surface area contributed by atoms with Crippen LogP contribution in [0.5, 0.6) is 11.5 Å². The number of rotatable bonds is 9. The van der Waals surface area contributed by atoms with Crippen LogP contribution < -0.4 is 19.5 Å². The fourth-order valence-corrected chi connectivity index (χ4v) is 3.70. The summed E-state index contributed by atoms with van der Waals surface area (Å²) in [5.41, 5.74) is 0.544. The van der Waals surface area contributed by atoms with Gasteiger partial charge in [-0.1, -0.05) is 18.2 Å². The van der Waals surface area contributed by atoms with Crippen molar-refractivity contribution in [2.24, 2.45) is 0 Å². The maximum absolute atomic E-state index is 12.3. The van der Waals surface area contributed by atoms with Gasteiger partial charge in [0.15, 0.2) is 11.5 Å². The van der Waals surface area contributed by atoms with Crippen molar-refractivity contribution in [1.29, 1.82) is 0 Å². The van der Waals surface area contributed by atoms with Gasteiger partial charge in [-0.2, -0.15) is 0 Å². The monoisotopic (exact) mass is 442 g/mol.